The van der Waals surface area contributed by atoms with Crippen LogP contribution in [-0.2, 0) is 6.42 Å². The number of hydrogen-bond acceptors (Lipinski definition) is 3. The largest absolute Gasteiger partial charge is 0.388 e. The van der Waals surface area contributed by atoms with Crippen molar-refractivity contribution >= 4 is 11.3 Å². The quantitative estimate of drug-likeness (QED) is 0.927. The molecule has 1 atom stereocenters. The molecule has 1 heterocycles. The van der Waals surface area contributed by atoms with Crippen LogP contribution in [-0.4, -0.2) is 10.1 Å². The van der Waals surface area contributed by atoms with Gasteiger partial charge in [0, 0.05) is 17.4 Å². The molecule has 1 aromatic heterocycles. The first-order valence-corrected chi connectivity index (χ1v) is 6.40. The van der Waals surface area contributed by atoms with Crippen molar-refractivity contribution in [3.63, 3.8) is 0 Å². The minimum Gasteiger partial charge on any atom is -0.388 e. The lowest BCUT2D eigenvalue weighted by atomic mass is 10.0. The van der Waals surface area contributed by atoms with Gasteiger partial charge in [0.1, 0.15) is 0 Å². The fraction of sp³-hybridized carbons (Fsp3) is 0.308. The summed E-state index contributed by atoms with van der Waals surface area (Å²) in [5.41, 5.74) is 0.891. The van der Waals surface area contributed by atoms with E-state index in [1.54, 1.807) is 5.38 Å². The number of aliphatic hydroxyl groups excluding tert-OH is 1. The maximum atomic E-state index is 13.7. The van der Waals surface area contributed by atoms with E-state index in [1.807, 2.05) is 6.92 Å². The van der Waals surface area contributed by atoms with Crippen LogP contribution in [0.5, 0.6) is 0 Å². The van der Waals surface area contributed by atoms with Crippen molar-refractivity contribution in [1.29, 1.82) is 0 Å². The van der Waals surface area contributed by atoms with Gasteiger partial charge in [-0.15, -0.1) is 11.3 Å². The van der Waals surface area contributed by atoms with E-state index >= 15 is 0 Å². The molecule has 18 heavy (non-hydrogen) atoms. The summed E-state index contributed by atoms with van der Waals surface area (Å²) >= 11 is 1.46. The Morgan fingerprint density at radius 3 is 2.61 bits per heavy atom. The van der Waals surface area contributed by atoms with Gasteiger partial charge < -0.3 is 5.11 Å². The molecule has 1 aromatic carbocycles. The van der Waals surface area contributed by atoms with E-state index < -0.39 is 17.7 Å². The molecule has 0 aliphatic carbocycles. The average molecular weight is 269 g/mol. The summed E-state index contributed by atoms with van der Waals surface area (Å²) in [6, 6.07) is 2.88. The van der Waals surface area contributed by atoms with Gasteiger partial charge in [0.2, 0.25) is 0 Å². The molecule has 0 saturated carbocycles. The van der Waals surface area contributed by atoms with Gasteiger partial charge in [0.05, 0.1) is 16.8 Å². The molecular weight excluding hydrogens is 256 g/mol. The minimum absolute atomic E-state index is 0.0243. The number of aryl methyl sites for hydroxylation is 2. The molecule has 0 radical (unpaired) electrons. The third-order valence-corrected chi connectivity index (χ3v) is 3.56. The van der Waals surface area contributed by atoms with E-state index in [4.69, 9.17) is 0 Å². The molecule has 0 fully saturated rings. The van der Waals surface area contributed by atoms with Gasteiger partial charge in [-0.05, 0) is 19.4 Å². The van der Waals surface area contributed by atoms with Gasteiger partial charge in [-0.1, -0.05) is 12.1 Å². The van der Waals surface area contributed by atoms with Gasteiger partial charge in [-0.2, -0.15) is 0 Å². The first-order chi connectivity index (χ1) is 8.49. The third-order valence-electron chi connectivity index (χ3n) is 2.73. The van der Waals surface area contributed by atoms with Crippen molar-refractivity contribution in [2.24, 2.45) is 0 Å². The molecule has 0 bridgehead atoms. The van der Waals surface area contributed by atoms with E-state index in [0.29, 0.717) is 5.69 Å². The Hall–Kier alpha value is -1.33. The fourth-order valence-corrected chi connectivity index (χ4v) is 2.35. The van der Waals surface area contributed by atoms with E-state index in [2.05, 4.69) is 4.98 Å². The summed E-state index contributed by atoms with van der Waals surface area (Å²) < 4.78 is 27.1. The predicted octanol–water partition coefficient (Wildman–Crippen LogP) is 3.31. The van der Waals surface area contributed by atoms with Crippen LogP contribution < -0.4 is 0 Å². The molecule has 0 aliphatic rings. The summed E-state index contributed by atoms with van der Waals surface area (Å²) in [6.45, 7) is 3.34. The van der Waals surface area contributed by atoms with Crippen LogP contribution in [0.15, 0.2) is 17.5 Å². The zero-order valence-electron chi connectivity index (χ0n) is 10.1. The summed E-state index contributed by atoms with van der Waals surface area (Å²) in [7, 11) is 0. The second-order valence-electron chi connectivity index (χ2n) is 4.18. The fourth-order valence-electron chi connectivity index (χ4n) is 1.73. The number of rotatable bonds is 3. The number of benzene rings is 1. The van der Waals surface area contributed by atoms with Crippen molar-refractivity contribution < 1.29 is 13.9 Å². The summed E-state index contributed by atoms with van der Waals surface area (Å²) in [5.74, 6) is -1.88. The van der Waals surface area contributed by atoms with Crippen molar-refractivity contribution in [3.05, 3.63) is 51.0 Å². The Balaban J connectivity index is 2.24. The molecule has 1 N–H and O–H groups in total. The topological polar surface area (TPSA) is 33.1 Å². The number of nitrogens with zero attached hydrogens (tertiary/aromatic N) is 1. The molecule has 2 aromatic rings. The molecule has 0 aliphatic heterocycles. The van der Waals surface area contributed by atoms with Crippen LogP contribution in [0.2, 0.25) is 0 Å². The summed E-state index contributed by atoms with van der Waals surface area (Å²) in [6.07, 6.45) is -0.898. The highest BCUT2D eigenvalue weighted by Crippen LogP contribution is 2.24. The van der Waals surface area contributed by atoms with Crippen molar-refractivity contribution in [2.75, 3.05) is 0 Å². The first kappa shape index (κ1) is 13.1. The molecule has 0 amide bonds. The number of hydrogen-bond donors (Lipinski definition) is 1. The monoisotopic (exact) mass is 269 g/mol. The number of halogens is 2. The van der Waals surface area contributed by atoms with E-state index in [0.717, 1.165) is 5.01 Å². The second-order valence-corrected chi connectivity index (χ2v) is 5.24. The Morgan fingerprint density at radius 2 is 2.00 bits per heavy atom. The molecule has 2 rings (SSSR count). The Morgan fingerprint density at radius 1 is 1.28 bits per heavy atom. The molecule has 5 heteroatoms. The zero-order valence-corrected chi connectivity index (χ0v) is 10.9. The predicted molar refractivity (Wildman–Crippen MR) is 66.6 cm³/mol. The van der Waals surface area contributed by atoms with Crippen LogP contribution in [0.3, 0.4) is 0 Å². The van der Waals surface area contributed by atoms with Crippen LogP contribution in [0.25, 0.3) is 0 Å². The van der Waals surface area contributed by atoms with Crippen LogP contribution in [0, 0.1) is 25.5 Å². The van der Waals surface area contributed by atoms with Gasteiger partial charge in [-0.3, -0.25) is 0 Å². The summed E-state index contributed by atoms with van der Waals surface area (Å²) in [5, 5.41) is 12.6. The standard InChI is InChI=1S/C13H13F2NOS/c1-7-3-4-10(13(15)12(7)14)11(17)5-9-6-18-8(2)16-9/h3-4,6,11,17H,5H2,1-2H3. The number of aromatic nitrogens is 1. The molecule has 96 valence electrons. The van der Waals surface area contributed by atoms with E-state index in [9.17, 15) is 13.9 Å². The van der Waals surface area contributed by atoms with Gasteiger partial charge in [-0.25, -0.2) is 13.8 Å². The number of thiazole rings is 1. The van der Waals surface area contributed by atoms with Crippen molar-refractivity contribution in [3.8, 4) is 0 Å². The maximum Gasteiger partial charge on any atom is 0.164 e. The highest BCUT2D eigenvalue weighted by atomic mass is 32.1. The number of aliphatic hydroxyl groups is 1. The van der Waals surface area contributed by atoms with Gasteiger partial charge in [0.15, 0.2) is 11.6 Å². The SMILES string of the molecule is Cc1nc(CC(O)c2ccc(C)c(F)c2F)cs1. The third kappa shape index (κ3) is 2.57. The molecule has 1 unspecified atom stereocenters. The maximum absolute atomic E-state index is 13.7. The van der Waals surface area contributed by atoms with Gasteiger partial charge in [0.25, 0.3) is 0 Å². The Labute approximate surface area is 108 Å². The minimum atomic E-state index is -1.08. The Kier molecular flexibility index (Phi) is 3.73. The normalized spacial score (nSPS) is 12.7. The van der Waals surface area contributed by atoms with E-state index in [1.165, 1.54) is 30.4 Å². The Bertz CT molecular complexity index is 568. The van der Waals surface area contributed by atoms with Crippen molar-refractivity contribution in [2.45, 2.75) is 26.4 Å². The smallest absolute Gasteiger partial charge is 0.164 e. The second kappa shape index (κ2) is 5.12. The van der Waals surface area contributed by atoms with Crippen LogP contribution in [0.4, 0.5) is 8.78 Å². The van der Waals surface area contributed by atoms with Gasteiger partial charge >= 0.3 is 0 Å². The lowest BCUT2D eigenvalue weighted by Gasteiger charge is -2.12. The molecule has 0 saturated heterocycles. The highest BCUT2D eigenvalue weighted by molar-refractivity contribution is 7.09. The average Bonchev–Trinajstić information content (AvgIpc) is 2.71. The zero-order chi connectivity index (χ0) is 13.3. The summed E-state index contributed by atoms with van der Waals surface area (Å²) in [4.78, 5) is 4.19. The first-order valence-electron chi connectivity index (χ1n) is 5.52. The molecule has 2 nitrogen and oxygen atoms in total. The van der Waals surface area contributed by atoms with Crippen LogP contribution in [0.1, 0.15) is 27.9 Å². The lowest BCUT2D eigenvalue weighted by molar-refractivity contribution is 0.171. The van der Waals surface area contributed by atoms with E-state index in [-0.39, 0.29) is 17.5 Å². The highest BCUT2D eigenvalue weighted by Gasteiger charge is 2.18. The van der Waals surface area contributed by atoms with Crippen molar-refractivity contribution in [1.82, 2.24) is 4.98 Å². The van der Waals surface area contributed by atoms with Crippen LogP contribution >= 0.6 is 11.3 Å². The molecule has 0 spiro atoms. The lowest BCUT2D eigenvalue weighted by Crippen LogP contribution is -2.07. The molecular formula is C13H13F2NOS.